The molecule has 0 aliphatic heterocycles. The first-order valence-corrected chi connectivity index (χ1v) is 5.18. The van der Waals surface area contributed by atoms with Gasteiger partial charge in [0, 0.05) is 11.6 Å². The monoisotopic (exact) mass is 207 g/mol. The Kier molecular flexibility index (Phi) is 4.31. The van der Waals surface area contributed by atoms with E-state index in [1.807, 2.05) is 12.1 Å². The van der Waals surface area contributed by atoms with Crippen molar-refractivity contribution in [2.24, 2.45) is 0 Å². The highest BCUT2D eigenvalue weighted by molar-refractivity contribution is 5.94. The second-order valence-electron chi connectivity index (χ2n) is 3.61. The number of rotatable bonds is 4. The van der Waals surface area contributed by atoms with E-state index in [1.165, 1.54) is 5.56 Å². The summed E-state index contributed by atoms with van der Waals surface area (Å²) >= 11 is 0. The predicted molar refractivity (Wildman–Crippen MR) is 59.8 cm³/mol. The minimum absolute atomic E-state index is 0.0429. The zero-order valence-corrected chi connectivity index (χ0v) is 9.16. The van der Waals surface area contributed by atoms with Gasteiger partial charge in [0.2, 0.25) is 0 Å². The van der Waals surface area contributed by atoms with E-state index in [9.17, 15) is 4.79 Å². The molecule has 0 saturated carbocycles. The molecule has 0 aromatic heterocycles. The molecule has 0 radical (unpaired) electrons. The highest BCUT2D eigenvalue weighted by Gasteiger charge is 2.07. The number of carbonyl (C=O) groups is 1. The third-order valence-electron chi connectivity index (χ3n) is 2.28. The van der Waals surface area contributed by atoms with Crippen molar-refractivity contribution in [3.05, 3.63) is 35.4 Å². The molecule has 1 aromatic carbocycles. The summed E-state index contributed by atoms with van der Waals surface area (Å²) in [5.41, 5.74) is 1.84. The van der Waals surface area contributed by atoms with Gasteiger partial charge in [-0.15, -0.1) is 0 Å². The van der Waals surface area contributed by atoms with Gasteiger partial charge in [-0.3, -0.25) is 4.79 Å². The maximum Gasteiger partial charge on any atom is 0.251 e. The molecule has 0 fully saturated rings. The van der Waals surface area contributed by atoms with Crippen molar-refractivity contribution in [3.63, 3.8) is 0 Å². The summed E-state index contributed by atoms with van der Waals surface area (Å²) in [7, 11) is 0. The Bertz CT molecular complexity index is 319. The largest absolute Gasteiger partial charge is 0.394 e. The van der Waals surface area contributed by atoms with Crippen molar-refractivity contribution in [2.45, 2.75) is 26.3 Å². The van der Waals surface area contributed by atoms with Crippen molar-refractivity contribution in [3.8, 4) is 0 Å². The van der Waals surface area contributed by atoms with Crippen LogP contribution < -0.4 is 5.32 Å². The van der Waals surface area contributed by atoms with Crippen LogP contribution in [0, 0.1) is 0 Å². The highest BCUT2D eigenvalue weighted by Crippen LogP contribution is 2.05. The van der Waals surface area contributed by atoms with Crippen LogP contribution in [0.2, 0.25) is 0 Å². The minimum atomic E-state index is -0.205. The van der Waals surface area contributed by atoms with Gasteiger partial charge in [-0.1, -0.05) is 19.1 Å². The Balaban J connectivity index is 2.66. The normalized spacial score (nSPS) is 12.2. The number of aryl methyl sites for hydroxylation is 1. The molecule has 1 atom stereocenters. The van der Waals surface area contributed by atoms with Crippen LogP contribution in [0.4, 0.5) is 0 Å². The third-order valence-corrected chi connectivity index (χ3v) is 2.28. The third kappa shape index (κ3) is 3.36. The van der Waals surface area contributed by atoms with Crippen molar-refractivity contribution in [2.75, 3.05) is 6.61 Å². The van der Waals surface area contributed by atoms with E-state index in [0.717, 1.165) is 6.42 Å². The first-order valence-electron chi connectivity index (χ1n) is 5.18. The molecule has 82 valence electrons. The van der Waals surface area contributed by atoms with Crippen LogP contribution >= 0.6 is 0 Å². The number of hydrogen-bond acceptors (Lipinski definition) is 2. The fourth-order valence-electron chi connectivity index (χ4n) is 1.24. The van der Waals surface area contributed by atoms with Gasteiger partial charge < -0.3 is 10.4 Å². The van der Waals surface area contributed by atoms with E-state index in [-0.39, 0.29) is 18.6 Å². The van der Waals surface area contributed by atoms with Gasteiger partial charge in [-0.2, -0.15) is 0 Å². The SMILES string of the molecule is CCc1ccc(C(=O)NC(C)CO)cc1. The van der Waals surface area contributed by atoms with Crippen LogP contribution in [0.3, 0.4) is 0 Å². The fourth-order valence-corrected chi connectivity index (χ4v) is 1.24. The molecule has 3 heteroatoms. The van der Waals surface area contributed by atoms with Crippen molar-refractivity contribution >= 4 is 5.91 Å². The minimum Gasteiger partial charge on any atom is -0.394 e. The predicted octanol–water partition coefficient (Wildman–Crippen LogP) is 1.36. The molecule has 0 aliphatic carbocycles. The maximum atomic E-state index is 11.6. The van der Waals surface area contributed by atoms with Gasteiger partial charge in [-0.25, -0.2) is 0 Å². The van der Waals surface area contributed by atoms with Gasteiger partial charge in [-0.05, 0) is 31.0 Å². The van der Waals surface area contributed by atoms with Crippen LogP contribution in [-0.4, -0.2) is 23.7 Å². The first-order chi connectivity index (χ1) is 7.17. The molecular weight excluding hydrogens is 190 g/mol. The first kappa shape index (κ1) is 11.7. The number of carbonyl (C=O) groups excluding carboxylic acids is 1. The number of benzene rings is 1. The molecular formula is C12H17NO2. The summed E-state index contributed by atoms with van der Waals surface area (Å²) in [6, 6.07) is 7.29. The van der Waals surface area contributed by atoms with E-state index < -0.39 is 0 Å². The van der Waals surface area contributed by atoms with E-state index >= 15 is 0 Å². The molecule has 2 N–H and O–H groups in total. The average molecular weight is 207 g/mol. The Morgan fingerprint density at radius 1 is 1.40 bits per heavy atom. The van der Waals surface area contributed by atoms with Gasteiger partial charge >= 0.3 is 0 Å². The molecule has 0 spiro atoms. The fraction of sp³-hybridized carbons (Fsp3) is 0.417. The van der Waals surface area contributed by atoms with E-state index in [2.05, 4.69) is 12.2 Å². The smallest absolute Gasteiger partial charge is 0.251 e. The summed E-state index contributed by atoms with van der Waals surface area (Å²) < 4.78 is 0. The van der Waals surface area contributed by atoms with E-state index in [1.54, 1.807) is 19.1 Å². The lowest BCUT2D eigenvalue weighted by Crippen LogP contribution is -2.34. The number of aliphatic hydroxyl groups excluding tert-OH is 1. The maximum absolute atomic E-state index is 11.6. The molecule has 1 aromatic rings. The Morgan fingerprint density at radius 3 is 2.47 bits per heavy atom. The summed E-state index contributed by atoms with van der Waals surface area (Å²) in [4.78, 5) is 11.6. The second-order valence-corrected chi connectivity index (χ2v) is 3.61. The molecule has 1 unspecified atom stereocenters. The lowest BCUT2D eigenvalue weighted by Gasteiger charge is -2.10. The summed E-state index contributed by atoms with van der Waals surface area (Å²) in [5, 5.41) is 11.5. The number of hydrogen-bond donors (Lipinski definition) is 2. The Hall–Kier alpha value is -1.35. The molecule has 3 nitrogen and oxygen atoms in total. The molecule has 15 heavy (non-hydrogen) atoms. The standard InChI is InChI=1S/C12H17NO2/c1-3-10-4-6-11(7-5-10)12(15)13-9(2)8-14/h4-7,9,14H,3,8H2,1-2H3,(H,13,15). The van der Waals surface area contributed by atoms with Gasteiger partial charge in [0.15, 0.2) is 0 Å². The zero-order chi connectivity index (χ0) is 11.3. The molecule has 0 bridgehead atoms. The molecule has 0 heterocycles. The molecule has 0 aliphatic rings. The summed E-state index contributed by atoms with van der Waals surface area (Å²) in [6.45, 7) is 3.79. The second kappa shape index (κ2) is 5.51. The van der Waals surface area contributed by atoms with Gasteiger partial charge in [0.05, 0.1) is 6.61 Å². The van der Waals surface area contributed by atoms with E-state index in [0.29, 0.717) is 5.56 Å². The number of nitrogens with one attached hydrogen (secondary N) is 1. The van der Waals surface area contributed by atoms with Crippen molar-refractivity contribution in [1.29, 1.82) is 0 Å². The lowest BCUT2D eigenvalue weighted by atomic mass is 10.1. The van der Waals surface area contributed by atoms with Crippen molar-refractivity contribution < 1.29 is 9.90 Å². The summed E-state index contributed by atoms with van der Waals surface area (Å²) in [6.07, 6.45) is 0.967. The average Bonchev–Trinajstić information content (AvgIpc) is 2.29. The quantitative estimate of drug-likeness (QED) is 0.783. The van der Waals surface area contributed by atoms with E-state index in [4.69, 9.17) is 5.11 Å². The topological polar surface area (TPSA) is 49.3 Å². The van der Waals surface area contributed by atoms with Crippen LogP contribution in [0.25, 0.3) is 0 Å². The van der Waals surface area contributed by atoms with Crippen molar-refractivity contribution in [1.82, 2.24) is 5.32 Å². The lowest BCUT2D eigenvalue weighted by molar-refractivity contribution is 0.0922. The van der Waals surface area contributed by atoms with Crippen LogP contribution in [0.15, 0.2) is 24.3 Å². The summed E-state index contributed by atoms with van der Waals surface area (Å²) in [5.74, 6) is -0.140. The number of amides is 1. The number of aliphatic hydroxyl groups is 1. The zero-order valence-electron chi connectivity index (χ0n) is 9.16. The van der Waals surface area contributed by atoms with Crippen LogP contribution in [0.1, 0.15) is 29.8 Å². The Morgan fingerprint density at radius 2 is 2.00 bits per heavy atom. The van der Waals surface area contributed by atoms with Gasteiger partial charge in [0.25, 0.3) is 5.91 Å². The molecule has 1 amide bonds. The molecule has 0 saturated heterocycles. The molecule has 1 rings (SSSR count). The van der Waals surface area contributed by atoms with Crippen LogP contribution in [0.5, 0.6) is 0 Å². The highest BCUT2D eigenvalue weighted by atomic mass is 16.3. The van der Waals surface area contributed by atoms with Crippen LogP contribution in [-0.2, 0) is 6.42 Å². The van der Waals surface area contributed by atoms with Gasteiger partial charge in [0.1, 0.15) is 0 Å². The Labute approximate surface area is 90.1 Å².